The van der Waals surface area contributed by atoms with Crippen LogP contribution in [-0.2, 0) is 19.6 Å². The smallest absolute Gasteiger partial charge is 0.336 e. The van der Waals surface area contributed by atoms with Gasteiger partial charge < -0.3 is 9.84 Å². The molecule has 0 amide bonds. The predicted octanol–water partition coefficient (Wildman–Crippen LogP) is 1.55. The molecule has 6 nitrogen and oxygen atoms in total. The van der Waals surface area contributed by atoms with Crippen LogP contribution >= 0.6 is 0 Å². The van der Waals surface area contributed by atoms with Crippen molar-refractivity contribution < 1.29 is 23.1 Å². The minimum Gasteiger partial charge on any atom is -0.467 e. The van der Waals surface area contributed by atoms with E-state index >= 15 is 0 Å². The number of rotatable bonds is 6. The third-order valence-corrected chi connectivity index (χ3v) is 4.99. The second-order valence-corrected chi connectivity index (χ2v) is 7.00. The van der Waals surface area contributed by atoms with E-state index in [1.807, 2.05) is 6.92 Å². The summed E-state index contributed by atoms with van der Waals surface area (Å²) < 4.78 is 32.0. The van der Waals surface area contributed by atoms with E-state index in [2.05, 4.69) is 9.46 Å². The summed E-state index contributed by atoms with van der Waals surface area (Å²) in [5, 5.41) is 10.2. The molecule has 2 aromatic carbocycles. The number of carbonyl (C=O) groups excluding carboxylic acids is 1. The number of esters is 1. The number of nitrogens with one attached hydrogen (secondary N) is 1. The van der Waals surface area contributed by atoms with Crippen LogP contribution in [-0.4, -0.2) is 32.7 Å². The third kappa shape index (κ3) is 4.19. The molecule has 2 aromatic rings. The molecule has 0 saturated heterocycles. The van der Waals surface area contributed by atoms with E-state index < -0.39 is 28.1 Å². The minimum atomic E-state index is -3.93. The number of ether oxygens (including phenoxy) is 1. The Morgan fingerprint density at radius 1 is 1.08 bits per heavy atom. The van der Waals surface area contributed by atoms with Crippen LogP contribution in [0.1, 0.15) is 17.2 Å². The van der Waals surface area contributed by atoms with Crippen LogP contribution in [0.25, 0.3) is 0 Å². The Bertz CT molecular complexity index is 787. The molecule has 2 N–H and O–H groups in total. The van der Waals surface area contributed by atoms with E-state index in [0.29, 0.717) is 5.56 Å². The fraction of sp³-hybridized carbons (Fsp3) is 0.235. The fourth-order valence-corrected chi connectivity index (χ4v) is 3.41. The molecule has 7 heteroatoms. The molecule has 2 rings (SSSR count). The molecule has 0 unspecified atom stereocenters. The van der Waals surface area contributed by atoms with Crippen molar-refractivity contribution >= 4 is 16.0 Å². The van der Waals surface area contributed by atoms with Gasteiger partial charge in [0.2, 0.25) is 10.0 Å². The van der Waals surface area contributed by atoms with E-state index in [1.165, 1.54) is 12.1 Å². The van der Waals surface area contributed by atoms with Crippen LogP contribution in [0.2, 0.25) is 0 Å². The van der Waals surface area contributed by atoms with Crippen molar-refractivity contribution in [1.29, 1.82) is 0 Å². The van der Waals surface area contributed by atoms with Crippen molar-refractivity contribution in [3.05, 3.63) is 65.7 Å². The average molecular weight is 349 g/mol. The van der Waals surface area contributed by atoms with Crippen molar-refractivity contribution in [1.82, 2.24) is 4.72 Å². The van der Waals surface area contributed by atoms with Crippen molar-refractivity contribution in [3.63, 3.8) is 0 Å². The highest BCUT2D eigenvalue weighted by atomic mass is 32.2. The third-order valence-electron chi connectivity index (χ3n) is 3.53. The first-order valence-corrected chi connectivity index (χ1v) is 8.73. The second kappa shape index (κ2) is 7.57. The number of hydrogen-bond acceptors (Lipinski definition) is 5. The van der Waals surface area contributed by atoms with Crippen LogP contribution in [0.3, 0.4) is 0 Å². The number of sulfonamides is 1. The van der Waals surface area contributed by atoms with Crippen LogP contribution in [0.15, 0.2) is 59.5 Å². The van der Waals surface area contributed by atoms with Crippen molar-refractivity contribution in [2.45, 2.75) is 24.0 Å². The first-order chi connectivity index (χ1) is 11.3. The summed E-state index contributed by atoms with van der Waals surface area (Å²) in [5.74, 6) is -0.921. The lowest BCUT2D eigenvalue weighted by molar-refractivity contribution is -0.151. The molecule has 0 heterocycles. The maximum atomic E-state index is 12.6. The van der Waals surface area contributed by atoms with Crippen LogP contribution in [0.4, 0.5) is 0 Å². The van der Waals surface area contributed by atoms with Gasteiger partial charge in [-0.2, -0.15) is 0 Å². The van der Waals surface area contributed by atoms with E-state index in [-0.39, 0.29) is 4.90 Å². The highest BCUT2D eigenvalue weighted by molar-refractivity contribution is 7.89. The predicted molar refractivity (Wildman–Crippen MR) is 88.7 cm³/mol. The molecule has 0 spiro atoms. The number of methoxy groups -OCH3 is 1. The molecular formula is C17H19NO5S. The summed E-state index contributed by atoms with van der Waals surface area (Å²) in [5.41, 5.74) is 1.37. The molecule has 0 aliphatic heterocycles. The zero-order chi connectivity index (χ0) is 17.7. The Kier molecular flexibility index (Phi) is 5.71. The van der Waals surface area contributed by atoms with Gasteiger partial charge in [0.1, 0.15) is 0 Å². The van der Waals surface area contributed by atoms with E-state index in [9.17, 15) is 18.3 Å². The van der Waals surface area contributed by atoms with Crippen molar-refractivity contribution in [2.24, 2.45) is 0 Å². The SMILES string of the molecule is COC(=O)[C@@H](O)[C@H](NS(=O)(=O)c1ccc(C)cc1)c1ccccc1. The summed E-state index contributed by atoms with van der Waals surface area (Å²) in [6, 6.07) is 13.5. The van der Waals surface area contributed by atoms with Crippen LogP contribution in [0, 0.1) is 6.92 Å². The number of aliphatic hydroxyl groups excluding tert-OH is 1. The van der Waals surface area contributed by atoms with E-state index in [4.69, 9.17) is 0 Å². The maximum absolute atomic E-state index is 12.6. The summed E-state index contributed by atoms with van der Waals surface area (Å²) in [6.07, 6.45) is -1.67. The van der Waals surface area contributed by atoms with Gasteiger partial charge in [-0.1, -0.05) is 48.0 Å². The van der Waals surface area contributed by atoms with Gasteiger partial charge in [0.25, 0.3) is 0 Å². The number of aliphatic hydroxyl groups is 1. The molecule has 0 saturated carbocycles. The molecular weight excluding hydrogens is 330 g/mol. The van der Waals surface area contributed by atoms with E-state index in [0.717, 1.165) is 12.7 Å². The lowest BCUT2D eigenvalue weighted by atomic mass is 10.0. The molecule has 0 radical (unpaired) electrons. The van der Waals surface area contributed by atoms with Gasteiger partial charge in [0.05, 0.1) is 18.0 Å². The van der Waals surface area contributed by atoms with Gasteiger partial charge in [-0.3, -0.25) is 0 Å². The molecule has 2 atom stereocenters. The second-order valence-electron chi connectivity index (χ2n) is 5.29. The standard InChI is InChI=1S/C17H19NO5S/c1-12-8-10-14(11-9-12)24(21,22)18-15(16(19)17(20)23-2)13-6-4-3-5-7-13/h3-11,15-16,18-19H,1-2H3/t15-,16+/m1/s1. The van der Waals surface area contributed by atoms with Gasteiger partial charge in [-0.15, -0.1) is 0 Å². The number of hydrogen-bond donors (Lipinski definition) is 2. The number of aryl methyl sites for hydroxylation is 1. The van der Waals surface area contributed by atoms with Gasteiger partial charge in [-0.25, -0.2) is 17.9 Å². The van der Waals surface area contributed by atoms with Gasteiger partial charge in [0, 0.05) is 0 Å². The van der Waals surface area contributed by atoms with Crippen molar-refractivity contribution in [2.75, 3.05) is 7.11 Å². The summed E-state index contributed by atoms with van der Waals surface area (Å²) in [6.45, 7) is 1.84. The molecule has 0 aromatic heterocycles. The zero-order valence-electron chi connectivity index (χ0n) is 13.3. The molecule has 24 heavy (non-hydrogen) atoms. The van der Waals surface area contributed by atoms with Crippen molar-refractivity contribution in [3.8, 4) is 0 Å². The highest BCUT2D eigenvalue weighted by Crippen LogP contribution is 2.21. The Morgan fingerprint density at radius 3 is 2.21 bits per heavy atom. The van der Waals surface area contributed by atoms with Crippen LogP contribution in [0.5, 0.6) is 0 Å². The fourth-order valence-electron chi connectivity index (χ4n) is 2.18. The molecule has 0 aliphatic rings. The molecule has 0 bridgehead atoms. The van der Waals surface area contributed by atoms with Crippen LogP contribution < -0.4 is 4.72 Å². The van der Waals surface area contributed by atoms with Gasteiger partial charge in [-0.05, 0) is 24.6 Å². The highest BCUT2D eigenvalue weighted by Gasteiger charge is 2.32. The van der Waals surface area contributed by atoms with E-state index in [1.54, 1.807) is 42.5 Å². The van der Waals surface area contributed by atoms with Gasteiger partial charge in [0.15, 0.2) is 6.10 Å². The summed E-state index contributed by atoms with van der Waals surface area (Å²) in [7, 11) is -2.80. The average Bonchev–Trinajstić information content (AvgIpc) is 2.59. The topological polar surface area (TPSA) is 92.7 Å². The Hall–Kier alpha value is -2.22. The first kappa shape index (κ1) is 18.1. The number of carbonyl (C=O) groups is 1. The normalized spacial score (nSPS) is 14.0. The number of benzene rings is 2. The maximum Gasteiger partial charge on any atom is 0.336 e. The zero-order valence-corrected chi connectivity index (χ0v) is 14.2. The summed E-state index contributed by atoms with van der Waals surface area (Å²) >= 11 is 0. The van der Waals surface area contributed by atoms with Gasteiger partial charge >= 0.3 is 5.97 Å². The lowest BCUT2D eigenvalue weighted by Gasteiger charge is -2.23. The molecule has 128 valence electrons. The Labute approximate surface area is 141 Å². The monoisotopic (exact) mass is 349 g/mol. The summed E-state index contributed by atoms with van der Waals surface area (Å²) in [4.78, 5) is 11.7. The Balaban J connectivity index is 2.37. The molecule has 0 aliphatic carbocycles. The molecule has 0 fully saturated rings. The lowest BCUT2D eigenvalue weighted by Crippen LogP contribution is -2.40. The minimum absolute atomic E-state index is 0.0473. The first-order valence-electron chi connectivity index (χ1n) is 7.25. The Morgan fingerprint density at radius 2 is 1.67 bits per heavy atom. The quantitative estimate of drug-likeness (QED) is 0.772. The largest absolute Gasteiger partial charge is 0.467 e.